The Morgan fingerprint density at radius 1 is 1.21 bits per heavy atom. The van der Waals surface area contributed by atoms with Crippen molar-refractivity contribution in [2.24, 2.45) is 21.5 Å². The van der Waals surface area contributed by atoms with Gasteiger partial charge < -0.3 is 11.5 Å². The number of nitrogens with two attached hydrogens (primary N) is 2. The van der Waals surface area contributed by atoms with Crippen LogP contribution in [0.3, 0.4) is 0 Å². The predicted molar refractivity (Wildman–Crippen MR) is 92.8 cm³/mol. The van der Waals surface area contributed by atoms with E-state index in [0.29, 0.717) is 18.5 Å². The van der Waals surface area contributed by atoms with Crippen LogP contribution in [0.5, 0.6) is 0 Å². The number of anilines is 1. The number of guanidine groups is 2. The lowest BCUT2D eigenvalue weighted by Crippen LogP contribution is -2.58. The molecule has 3 rings (SSSR count). The highest BCUT2D eigenvalue weighted by molar-refractivity contribution is 7.85. The number of benzene rings is 1. The van der Waals surface area contributed by atoms with Crippen LogP contribution >= 0.6 is 11.6 Å². The van der Waals surface area contributed by atoms with Gasteiger partial charge in [-0.1, -0.05) is 18.0 Å². The maximum atomic E-state index is 11.5. The van der Waals surface area contributed by atoms with Crippen LogP contribution in [0, 0.1) is 0 Å². The van der Waals surface area contributed by atoms with Gasteiger partial charge in [-0.3, -0.25) is 9.45 Å². The van der Waals surface area contributed by atoms with Gasteiger partial charge in [0.05, 0.1) is 15.6 Å². The highest BCUT2D eigenvalue weighted by Crippen LogP contribution is 2.42. The molecule has 0 saturated heterocycles. The molecule has 0 aromatic heterocycles. The molecule has 5 N–H and O–H groups in total. The second-order valence-electron chi connectivity index (χ2n) is 5.91. The van der Waals surface area contributed by atoms with Gasteiger partial charge in [-0.25, -0.2) is 4.99 Å². The van der Waals surface area contributed by atoms with Crippen molar-refractivity contribution in [3.05, 3.63) is 23.2 Å². The minimum absolute atomic E-state index is 0.0905. The highest BCUT2D eigenvalue weighted by Gasteiger charge is 2.43. The van der Waals surface area contributed by atoms with E-state index in [1.54, 1.807) is 4.90 Å². The zero-order valence-electron chi connectivity index (χ0n) is 12.8. The first kappa shape index (κ1) is 17.0. The van der Waals surface area contributed by atoms with Crippen molar-refractivity contribution in [1.29, 1.82) is 0 Å². The quantitative estimate of drug-likeness (QED) is 0.677. The van der Waals surface area contributed by atoms with Gasteiger partial charge in [-0.05, 0) is 43.9 Å². The molecule has 2 aliphatic rings. The molecule has 10 heteroatoms. The summed E-state index contributed by atoms with van der Waals surface area (Å²) in [5.41, 5.74) is 11.5. The average Bonchev–Trinajstić information content (AvgIpc) is 2.48. The van der Waals surface area contributed by atoms with Gasteiger partial charge in [-0.15, -0.1) is 0 Å². The highest BCUT2D eigenvalue weighted by atomic mass is 35.5. The summed E-state index contributed by atoms with van der Waals surface area (Å²) in [6.45, 7) is 0. The maximum absolute atomic E-state index is 11.5. The molecule has 0 bridgehead atoms. The standard InChI is InChI=1S/C14H18ClN5O3S/c15-10-5-4-9(24(21,22)23)8-11(10)20-13(17)18-12(16)19-14(20)6-2-1-3-7-14/h4-5,8H,1-3,6-7H2,(H,21,22,23)(H4,16,17,18,19). The number of hydrogen-bond donors (Lipinski definition) is 3. The molecular formula is C14H18ClN5O3S. The van der Waals surface area contributed by atoms with E-state index in [9.17, 15) is 13.0 Å². The zero-order valence-corrected chi connectivity index (χ0v) is 14.4. The van der Waals surface area contributed by atoms with Gasteiger partial charge in [0, 0.05) is 0 Å². The van der Waals surface area contributed by atoms with Gasteiger partial charge in [0.2, 0.25) is 11.9 Å². The number of halogens is 1. The first-order chi connectivity index (χ1) is 11.2. The summed E-state index contributed by atoms with van der Waals surface area (Å²) < 4.78 is 32.2. The third-order valence-electron chi connectivity index (χ3n) is 4.31. The van der Waals surface area contributed by atoms with Crippen LogP contribution in [-0.4, -0.2) is 30.6 Å². The van der Waals surface area contributed by atoms with E-state index in [2.05, 4.69) is 9.98 Å². The van der Waals surface area contributed by atoms with Gasteiger partial charge >= 0.3 is 0 Å². The molecule has 0 atom stereocenters. The number of aliphatic imine (C=N–C) groups is 2. The van der Waals surface area contributed by atoms with Gasteiger partial charge in [0.1, 0.15) is 5.66 Å². The number of nitrogens with zero attached hydrogens (tertiary/aromatic N) is 3. The SMILES string of the molecule is NC1=NC2(CCCCC2)N(c2cc(S(=O)(=O)O)ccc2Cl)C(N)=N1. The molecule has 24 heavy (non-hydrogen) atoms. The lowest BCUT2D eigenvalue weighted by molar-refractivity contribution is 0.305. The molecule has 130 valence electrons. The zero-order chi connectivity index (χ0) is 17.5. The van der Waals surface area contributed by atoms with Crippen LogP contribution in [0.2, 0.25) is 5.02 Å². The Bertz CT molecular complexity index is 831. The Morgan fingerprint density at radius 3 is 2.50 bits per heavy atom. The van der Waals surface area contributed by atoms with Gasteiger partial charge in [0.15, 0.2) is 0 Å². The predicted octanol–water partition coefficient (Wildman–Crippen LogP) is 1.70. The van der Waals surface area contributed by atoms with Crippen LogP contribution in [0.25, 0.3) is 0 Å². The Labute approximate surface area is 145 Å². The Kier molecular flexibility index (Phi) is 4.18. The van der Waals surface area contributed by atoms with Crippen molar-refractivity contribution < 1.29 is 13.0 Å². The van der Waals surface area contributed by atoms with E-state index >= 15 is 0 Å². The first-order valence-electron chi connectivity index (χ1n) is 7.50. The van der Waals surface area contributed by atoms with E-state index in [4.69, 9.17) is 23.1 Å². The normalized spacial score (nSPS) is 20.7. The molecule has 1 saturated carbocycles. The van der Waals surface area contributed by atoms with Crippen LogP contribution in [-0.2, 0) is 10.1 Å². The summed E-state index contributed by atoms with van der Waals surface area (Å²) in [6.07, 6.45) is 4.31. The lowest BCUT2D eigenvalue weighted by Gasteiger charge is -2.45. The molecule has 1 aliphatic heterocycles. The van der Waals surface area contributed by atoms with Crippen molar-refractivity contribution in [1.82, 2.24) is 0 Å². The molecule has 8 nitrogen and oxygen atoms in total. The second kappa shape index (κ2) is 5.91. The minimum atomic E-state index is -4.38. The van der Waals surface area contributed by atoms with E-state index in [0.717, 1.165) is 19.3 Å². The van der Waals surface area contributed by atoms with Crippen molar-refractivity contribution in [3.63, 3.8) is 0 Å². The molecule has 1 aromatic carbocycles. The molecule has 1 heterocycles. The Hall–Kier alpha value is -1.84. The first-order valence-corrected chi connectivity index (χ1v) is 9.31. The average molecular weight is 372 g/mol. The summed E-state index contributed by atoms with van der Waals surface area (Å²) in [5, 5.41) is 0.279. The molecule has 1 aromatic rings. The van der Waals surface area contributed by atoms with E-state index in [1.165, 1.54) is 18.2 Å². The minimum Gasteiger partial charge on any atom is -0.369 e. The second-order valence-corrected chi connectivity index (χ2v) is 7.74. The fourth-order valence-electron chi connectivity index (χ4n) is 3.29. The summed E-state index contributed by atoms with van der Waals surface area (Å²) in [4.78, 5) is 9.85. The molecule has 1 fully saturated rings. The van der Waals surface area contributed by atoms with E-state index in [-0.39, 0.29) is 21.8 Å². The third-order valence-corrected chi connectivity index (χ3v) is 5.48. The maximum Gasteiger partial charge on any atom is 0.294 e. The third kappa shape index (κ3) is 2.94. The molecule has 0 amide bonds. The molecular weight excluding hydrogens is 354 g/mol. The van der Waals surface area contributed by atoms with Crippen LogP contribution < -0.4 is 16.4 Å². The Balaban J connectivity index is 2.17. The smallest absolute Gasteiger partial charge is 0.294 e. The molecule has 1 spiro atoms. The lowest BCUT2D eigenvalue weighted by atomic mass is 9.87. The van der Waals surface area contributed by atoms with E-state index < -0.39 is 15.8 Å². The van der Waals surface area contributed by atoms with Crippen molar-refractivity contribution >= 4 is 39.3 Å². The number of hydrogen-bond acceptors (Lipinski definition) is 7. The van der Waals surface area contributed by atoms with Gasteiger partial charge in [-0.2, -0.15) is 13.4 Å². The largest absolute Gasteiger partial charge is 0.369 e. The van der Waals surface area contributed by atoms with E-state index in [1.807, 2.05) is 0 Å². The van der Waals surface area contributed by atoms with Crippen LogP contribution in [0.1, 0.15) is 32.1 Å². The fraction of sp³-hybridized carbons (Fsp3) is 0.429. The summed E-state index contributed by atoms with van der Waals surface area (Å²) >= 11 is 6.28. The summed E-state index contributed by atoms with van der Waals surface area (Å²) in [5.74, 6) is 0.187. The summed E-state index contributed by atoms with van der Waals surface area (Å²) in [6, 6.07) is 3.89. The van der Waals surface area contributed by atoms with Crippen molar-refractivity contribution in [2.45, 2.75) is 42.7 Å². The van der Waals surface area contributed by atoms with Crippen molar-refractivity contribution in [3.8, 4) is 0 Å². The number of rotatable bonds is 2. The van der Waals surface area contributed by atoms with Crippen LogP contribution in [0.15, 0.2) is 33.1 Å². The van der Waals surface area contributed by atoms with Crippen LogP contribution in [0.4, 0.5) is 5.69 Å². The monoisotopic (exact) mass is 371 g/mol. The topological polar surface area (TPSA) is 134 Å². The molecule has 0 unspecified atom stereocenters. The Morgan fingerprint density at radius 2 is 1.88 bits per heavy atom. The summed E-state index contributed by atoms with van der Waals surface area (Å²) in [7, 11) is -4.38. The van der Waals surface area contributed by atoms with Crippen molar-refractivity contribution in [2.75, 3.05) is 4.90 Å². The molecule has 0 radical (unpaired) electrons. The molecule has 1 aliphatic carbocycles. The van der Waals surface area contributed by atoms with Gasteiger partial charge in [0.25, 0.3) is 10.1 Å². The fourth-order valence-corrected chi connectivity index (χ4v) is 4.00.